The SMILES string of the molecule is CC(C)Oc1cc2c(cc1NC(=O)c1cnn3cccnc13)CN(C[C@@H](F)C1CCN(CC3CCN(c4ccc5c(c4)C(=O)N(C4CCC(=O)NC4=O)C5=O)CC3)CC1)C2=O. The molecule has 6 amide bonds. The van der Waals surface area contributed by atoms with Gasteiger partial charge in [0, 0.05) is 56.2 Å². The van der Waals surface area contributed by atoms with E-state index in [1.54, 1.807) is 47.6 Å². The molecular formula is C44H48FN9O7. The zero-order chi connectivity index (χ0) is 42.5. The van der Waals surface area contributed by atoms with Crippen LogP contribution in [0.3, 0.4) is 0 Å². The van der Waals surface area contributed by atoms with E-state index in [1.165, 1.54) is 10.7 Å². The lowest BCUT2D eigenvalue weighted by Gasteiger charge is -2.39. The van der Waals surface area contributed by atoms with Crippen LogP contribution in [-0.4, -0.2) is 122 Å². The minimum atomic E-state index is -1.18. The number of imide groups is 2. The molecule has 2 aromatic heterocycles. The van der Waals surface area contributed by atoms with Gasteiger partial charge in [-0.15, -0.1) is 0 Å². The van der Waals surface area contributed by atoms with E-state index in [2.05, 4.69) is 30.5 Å². The number of nitrogens with zero attached hydrogens (tertiary/aromatic N) is 7. The molecule has 16 nitrogen and oxygen atoms in total. The quantitative estimate of drug-likeness (QED) is 0.208. The van der Waals surface area contributed by atoms with Crippen LogP contribution >= 0.6 is 0 Å². The Hall–Kier alpha value is -6.23. The van der Waals surface area contributed by atoms with Crippen LogP contribution in [-0.2, 0) is 16.1 Å². The van der Waals surface area contributed by atoms with Crippen LogP contribution in [0.25, 0.3) is 5.65 Å². The number of alkyl halides is 1. The monoisotopic (exact) mass is 833 g/mol. The number of fused-ring (bicyclic) bond motifs is 3. The van der Waals surface area contributed by atoms with Gasteiger partial charge in [0.1, 0.15) is 23.5 Å². The molecule has 5 aliphatic heterocycles. The fraction of sp³-hybridized carbons (Fsp3) is 0.455. The number of hydrogen-bond acceptors (Lipinski definition) is 11. The Balaban J connectivity index is 0.755. The summed E-state index contributed by atoms with van der Waals surface area (Å²) in [6, 6.07) is 9.36. The van der Waals surface area contributed by atoms with E-state index >= 15 is 4.39 Å². The molecule has 2 atom stereocenters. The molecule has 0 aliphatic carbocycles. The van der Waals surface area contributed by atoms with Crippen molar-refractivity contribution < 1.29 is 37.9 Å². The van der Waals surface area contributed by atoms with Gasteiger partial charge >= 0.3 is 0 Å². The van der Waals surface area contributed by atoms with Crippen molar-refractivity contribution in [1.82, 2.24) is 34.6 Å². The molecule has 1 unspecified atom stereocenters. The van der Waals surface area contributed by atoms with Crippen molar-refractivity contribution in [2.75, 3.05) is 49.5 Å². The maximum Gasteiger partial charge on any atom is 0.262 e. The Morgan fingerprint density at radius 1 is 0.934 bits per heavy atom. The van der Waals surface area contributed by atoms with Crippen molar-refractivity contribution in [1.29, 1.82) is 0 Å². The highest BCUT2D eigenvalue weighted by molar-refractivity contribution is 6.23. The third kappa shape index (κ3) is 7.82. The summed E-state index contributed by atoms with van der Waals surface area (Å²) >= 11 is 0. The van der Waals surface area contributed by atoms with Gasteiger partial charge in [0.25, 0.3) is 23.6 Å². The first-order chi connectivity index (χ1) is 29.4. The van der Waals surface area contributed by atoms with Gasteiger partial charge in [-0.25, -0.2) is 13.9 Å². The third-order valence-electron chi connectivity index (χ3n) is 12.7. The van der Waals surface area contributed by atoms with Gasteiger partial charge in [-0.2, -0.15) is 5.10 Å². The summed E-state index contributed by atoms with van der Waals surface area (Å²) in [5, 5.41) is 9.36. The number of aromatic nitrogens is 3. The molecular weight excluding hydrogens is 786 g/mol. The Morgan fingerprint density at radius 3 is 2.46 bits per heavy atom. The summed E-state index contributed by atoms with van der Waals surface area (Å²) in [5.41, 5.74) is 3.65. The van der Waals surface area contributed by atoms with Crippen LogP contribution in [0.5, 0.6) is 5.75 Å². The van der Waals surface area contributed by atoms with Crippen molar-refractivity contribution in [2.24, 2.45) is 11.8 Å². The van der Waals surface area contributed by atoms with E-state index in [0.29, 0.717) is 52.5 Å². The zero-order valence-corrected chi connectivity index (χ0v) is 34.1. The Kier molecular flexibility index (Phi) is 10.8. The van der Waals surface area contributed by atoms with Crippen molar-refractivity contribution in [3.8, 4) is 5.75 Å². The summed E-state index contributed by atoms with van der Waals surface area (Å²) in [5.74, 6) is -2.07. The number of carbonyl (C=O) groups excluding carboxylic acids is 6. The Morgan fingerprint density at radius 2 is 1.70 bits per heavy atom. The van der Waals surface area contributed by atoms with Gasteiger partial charge in [0.15, 0.2) is 5.65 Å². The molecule has 17 heteroatoms. The first kappa shape index (κ1) is 40.2. The standard InChI is InChI=1S/C44H48FN9O7/c1-25(2)61-37-20-31-28(18-35(37)48-40(56)33-21-47-53-13-3-12-46-39(33)53)23-52(42(31)58)24-34(45)27-10-14-50(15-11-27)22-26-8-16-51(17-9-26)29-4-5-30-32(19-29)44(60)54(43(30)59)36-6-7-38(55)49-41(36)57/h3-5,12-13,18-21,25-27,34,36H,6-11,14-17,22-24H2,1-2H3,(H,48,56)(H,49,55,57)/t34-,36?/m1/s1. The molecule has 0 bridgehead atoms. The summed E-state index contributed by atoms with van der Waals surface area (Å²) in [6.07, 6.45) is 6.82. The molecule has 2 N–H and O–H groups in total. The number of rotatable bonds is 11. The molecule has 7 heterocycles. The van der Waals surface area contributed by atoms with Gasteiger partial charge < -0.3 is 24.8 Å². The highest BCUT2D eigenvalue weighted by Gasteiger charge is 2.45. The van der Waals surface area contributed by atoms with Crippen LogP contribution in [0.15, 0.2) is 55.0 Å². The van der Waals surface area contributed by atoms with E-state index < -0.39 is 41.7 Å². The normalized spacial score (nSPS) is 20.8. The van der Waals surface area contributed by atoms with Crippen LogP contribution in [0.4, 0.5) is 15.8 Å². The smallest absolute Gasteiger partial charge is 0.262 e. The van der Waals surface area contributed by atoms with Crippen molar-refractivity contribution in [3.63, 3.8) is 0 Å². The van der Waals surface area contributed by atoms with Crippen molar-refractivity contribution >= 4 is 52.5 Å². The molecule has 0 spiro atoms. The summed E-state index contributed by atoms with van der Waals surface area (Å²) in [6.45, 7) is 8.00. The van der Waals surface area contributed by atoms with Crippen LogP contribution in [0.2, 0.25) is 0 Å². The number of likely N-dealkylation sites (tertiary alicyclic amines) is 1. The van der Waals surface area contributed by atoms with Crippen LogP contribution < -0.4 is 20.3 Å². The lowest BCUT2D eigenvalue weighted by molar-refractivity contribution is -0.136. The maximum atomic E-state index is 16.0. The molecule has 61 heavy (non-hydrogen) atoms. The van der Waals surface area contributed by atoms with Gasteiger partial charge in [-0.1, -0.05) is 0 Å². The van der Waals surface area contributed by atoms with Gasteiger partial charge in [0.05, 0.1) is 35.7 Å². The van der Waals surface area contributed by atoms with Gasteiger partial charge in [-0.3, -0.25) is 39.0 Å². The van der Waals surface area contributed by atoms with E-state index in [-0.39, 0.29) is 55.0 Å². The molecule has 0 saturated carbocycles. The Bertz CT molecular complexity index is 2440. The van der Waals surface area contributed by atoms with E-state index in [4.69, 9.17) is 4.74 Å². The highest BCUT2D eigenvalue weighted by atomic mass is 19.1. The summed E-state index contributed by atoms with van der Waals surface area (Å²) in [4.78, 5) is 89.0. The van der Waals surface area contributed by atoms with E-state index in [1.807, 2.05) is 19.9 Å². The predicted molar refractivity (Wildman–Crippen MR) is 220 cm³/mol. The fourth-order valence-electron chi connectivity index (χ4n) is 9.43. The molecule has 318 valence electrons. The van der Waals surface area contributed by atoms with E-state index in [9.17, 15) is 28.8 Å². The number of benzene rings is 2. The zero-order valence-electron chi connectivity index (χ0n) is 34.1. The molecule has 3 fully saturated rings. The topological polar surface area (TPSA) is 179 Å². The minimum absolute atomic E-state index is 0.00975. The van der Waals surface area contributed by atoms with Gasteiger partial charge in [0.2, 0.25) is 11.8 Å². The second-order valence-electron chi connectivity index (χ2n) is 17.0. The third-order valence-corrected chi connectivity index (χ3v) is 12.7. The summed E-state index contributed by atoms with van der Waals surface area (Å²) in [7, 11) is 0. The van der Waals surface area contributed by atoms with E-state index in [0.717, 1.165) is 56.2 Å². The number of ether oxygens (including phenoxy) is 1. The molecule has 0 radical (unpaired) electrons. The number of amides is 6. The molecule has 9 rings (SSSR count). The second-order valence-corrected chi connectivity index (χ2v) is 17.0. The fourth-order valence-corrected chi connectivity index (χ4v) is 9.43. The maximum absolute atomic E-state index is 16.0. The molecule has 5 aliphatic rings. The first-order valence-electron chi connectivity index (χ1n) is 21.1. The predicted octanol–water partition coefficient (Wildman–Crippen LogP) is 4.09. The van der Waals surface area contributed by atoms with Crippen molar-refractivity contribution in [2.45, 2.75) is 77.2 Å². The lowest BCUT2D eigenvalue weighted by atomic mass is 9.90. The van der Waals surface area contributed by atoms with Gasteiger partial charge in [-0.05, 0) is 113 Å². The number of hydrogen-bond donors (Lipinski definition) is 2. The van der Waals surface area contributed by atoms with Crippen molar-refractivity contribution in [3.05, 3.63) is 82.8 Å². The summed E-state index contributed by atoms with van der Waals surface area (Å²) < 4.78 is 23.5. The number of anilines is 2. The average molecular weight is 834 g/mol. The number of carbonyl (C=O) groups is 6. The van der Waals surface area contributed by atoms with Crippen LogP contribution in [0, 0.1) is 11.8 Å². The lowest BCUT2D eigenvalue weighted by Crippen LogP contribution is -2.54. The number of halogens is 1. The number of nitrogens with one attached hydrogen (secondary N) is 2. The van der Waals surface area contributed by atoms with Crippen LogP contribution in [0.1, 0.15) is 99.4 Å². The highest BCUT2D eigenvalue weighted by Crippen LogP contribution is 2.37. The first-order valence-corrected chi connectivity index (χ1v) is 21.1. The molecule has 4 aromatic rings. The largest absolute Gasteiger partial charge is 0.489 e. The minimum Gasteiger partial charge on any atom is -0.489 e. The Labute approximate surface area is 351 Å². The molecule has 3 saturated heterocycles. The molecule has 2 aromatic carbocycles. The number of piperidine rings is 3. The average Bonchev–Trinajstić information content (AvgIpc) is 3.89. The second kappa shape index (κ2) is 16.3.